The zero-order valence-electron chi connectivity index (χ0n) is 14.3. The minimum absolute atomic E-state index is 0.246. The number of anilines is 1. The van der Waals surface area contributed by atoms with E-state index in [-0.39, 0.29) is 5.69 Å². The van der Waals surface area contributed by atoms with E-state index in [1.54, 1.807) is 6.07 Å². The van der Waals surface area contributed by atoms with Crippen molar-refractivity contribution in [3.63, 3.8) is 0 Å². The first-order valence-corrected chi connectivity index (χ1v) is 8.71. The summed E-state index contributed by atoms with van der Waals surface area (Å²) in [6.07, 6.45) is -5.01. The van der Waals surface area contributed by atoms with E-state index in [1.165, 1.54) is 33.4 Å². The number of sulfonamides is 1. The lowest BCUT2D eigenvalue weighted by molar-refractivity contribution is -0.211. The first-order valence-electron chi connectivity index (χ1n) is 7.10. The molecule has 5 nitrogen and oxygen atoms in total. The molecular weight excluding hydrogens is 347 g/mol. The van der Waals surface area contributed by atoms with Crippen LogP contribution >= 0.6 is 0 Å². The Morgan fingerprint density at radius 3 is 1.88 bits per heavy atom. The van der Waals surface area contributed by atoms with Crippen molar-refractivity contribution in [1.82, 2.24) is 0 Å². The second-order valence-corrected chi connectivity index (χ2v) is 8.11. The molecular formula is C15H22F3NO4S. The Morgan fingerprint density at radius 2 is 1.50 bits per heavy atom. The third-order valence-corrected chi connectivity index (χ3v) is 5.63. The Labute approximate surface area is 140 Å². The van der Waals surface area contributed by atoms with Crippen LogP contribution in [0.25, 0.3) is 0 Å². The van der Waals surface area contributed by atoms with Gasteiger partial charge in [0.1, 0.15) is 11.5 Å². The van der Waals surface area contributed by atoms with E-state index in [1.807, 2.05) is 0 Å². The molecule has 0 aromatic heterocycles. The predicted octanol–water partition coefficient (Wildman–Crippen LogP) is 3.45. The molecule has 0 aliphatic rings. The van der Waals surface area contributed by atoms with E-state index in [9.17, 15) is 21.6 Å². The highest BCUT2D eigenvalue weighted by atomic mass is 32.2. The van der Waals surface area contributed by atoms with Crippen LogP contribution in [-0.4, -0.2) is 41.6 Å². The van der Waals surface area contributed by atoms with Gasteiger partial charge in [-0.15, -0.1) is 0 Å². The third kappa shape index (κ3) is 4.68. The molecule has 1 aromatic rings. The van der Waals surface area contributed by atoms with Crippen LogP contribution in [0.5, 0.6) is 11.5 Å². The van der Waals surface area contributed by atoms with Gasteiger partial charge in [0.2, 0.25) is 10.0 Å². The minimum atomic E-state index is -4.47. The van der Waals surface area contributed by atoms with Crippen LogP contribution < -0.4 is 13.8 Å². The summed E-state index contributed by atoms with van der Waals surface area (Å²) in [5.41, 5.74) is -1.84. The number of ether oxygens (including phenoxy) is 2. The summed E-state index contributed by atoms with van der Waals surface area (Å²) in [6, 6.07) is 4.50. The average Bonchev–Trinajstić information content (AvgIpc) is 2.50. The van der Waals surface area contributed by atoms with Crippen LogP contribution in [0.4, 0.5) is 18.9 Å². The summed E-state index contributed by atoms with van der Waals surface area (Å²) in [6.45, 7) is 1.97. The molecule has 0 aliphatic heterocycles. The molecule has 0 unspecified atom stereocenters. The number of hydrogen-bond donors (Lipinski definition) is 0. The Morgan fingerprint density at radius 1 is 1.04 bits per heavy atom. The molecule has 0 amide bonds. The summed E-state index contributed by atoms with van der Waals surface area (Å²) in [5.74, 6) is 0.124. The standard InChI is InChI=1S/C15H22F3NO4S/c1-14(2,15(16,17)18)6-7-24(20,21)19(3)11-8-12(22-4)10-13(9-11)23-5/h8-10H,6-7H2,1-5H3. The van der Waals surface area contributed by atoms with Crippen molar-refractivity contribution in [3.05, 3.63) is 18.2 Å². The van der Waals surface area contributed by atoms with Gasteiger partial charge in [-0.25, -0.2) is 8.42 Å². The first-order chi connectivity index (χ1) is 10.8. The molecule has 0 radical (unpaired) electrons. The van der Waals surface area contributed by atoms with Gasteiger partial charge in [-0.1, -0.05) is 13.8 Å². The number of rotatable bonds is 7. The van der Waals surface area contributed by atoms with Gasteiger partial charge in [0.25, 0.3) is 0 Å². The van der Waals surface area contributed by atoms with Crippen LogP contribution in [0.3, 0.4) is 0 Å². The van der Waals surface area contributed by atoms with Crippen molar-refractivity contribution in [2.45, 2.75) is 26.4 Å². The van der Waals surface area contributed by atoms with E-state index in [0.29, 0.717) is 11.5 Å². The maximum absolute atomic E-state index is 12.9. The number of methoxy groups -OCH3 is 2. The Kier molecular flexibility index (Phi) is 6.02. The normalized spacial score (nSPS) is 12.8. The molecule has 0 fully saturated rings. The van der Waals surface area contributed by atoms with Crippen molar-refractivity contribution in [2.24, 2.45) is 5.41 Å². The maximum Gasteiger partial charge on any atom is 0.394 e. The van der Waals surface area contributed by atoms with Gasteiger partial charge in [0, 0.05) is 25.2 Å². The molecule has 0 saturated carbocycles. The van der Waals surface area contributed by atoms with Crippen LogP contribution in [0.1, 0.15) is 20.3 Å². The van der Waals surface area contributed by atoms with Crippen molar-refractivity contribution in [3.8, 4) is 11.5 Å². The van der Waals surface area contributed by atoms with E-state index in [4.69, 9.17) is 9.47 Å². The van der Waals surface area contributed by atoms with Gasteiger partial charge < -0.3 is 9.47 Å². The fourth-order valence-electron chi connectivity index (χ4n) is 1.80. The Balaban J connectivity index is 3.03. The largest absolute Gasteiger partial charge is 0.497 e. The smallest absolute Gasteiger partial charge is 0.394 e. The molecule has 0 heterocycles. The van der Waals surface area contributed by atoms with E-state index >= 15 is 0 Å². The summed E-state index contributed by atoms with van der Waals surface area (Å²) in [4.78, 5) is 0. The molecule has 0 aliphatic carbocycles. The quantitative estimate of drug-likeness (QED) is 0.739. The van der Waals surface area contributed by atoms with Crippen molar-refractivity contribution in [1.29, 1.82) is 0 Å². The van der Waals surface area contributed by atoms with Crippen molar-refractivity contribution in [2.75, 3.05) is 31.3 Å². The van der Waals surface area contributed by atoms with Gasteiger partial charge >= 0.3 is 6.18 Å². The Hall–Kier alpha value is -1.64. The van der Waals surface area contributed by atoms with Gasteiger partial charge in [-0.2, -0.15) is 13.2 Å². The lowest BCUT2D eigenvalue weighted by atomic mass is 9.90. The van der Waals surface area contributed by atoms with Gasteiger partial charge in [0.15, 0.2) is 0 Å². The number of benzene rings is 1. The Bertz CT molecular complexity index is 650. The van der Waals surface area contributed by atoms with E-state index in [2.05, 4.69) is 0 Å². The number of hydrogen-bond acceptors (Lipinski definition) is 4. The highest BCUT2D eigenvalue weighted by Gasteiger charge is 2.47. The molecule has 138 valence electrons. The number of alkyl halides is 3. The lowest BCUT2D eigenvalue weighted by Crippen LogP contribution is -2.37. The van der Waals surface area contributed by atoms with Crippen molar-refractivity contribution < 1.29 is 31.1 Å². The summed E-state index contributed by atoms with van der Waals surface area (Å²) in [7, 11) is 0.178. The molecule has 1 aromatic carbocycles. The molecule has 0 N–H and O–H groups in total. The minimum Gasteiger partial charge on any atom is -0.497 e. The molecule has 9 heteroatoms. The van der Waals surface area contributed by atoms with Crippen LogP contribution in [-0.2, 0) is 10.0 Å². The predicted molar refractivity (Wildman–Crippen MR) is 86.2 cm³/mol. The maximum atomic E-state index is 12.9. The van der Waals surface area contributed by atoms with Crippen molar-refractivity contribution >= 4 is 15.7 Å². The zero-order chi connectivity index (χ0) is 18.8. The second kappa shape index (κ2) is 7.08. The monoisotopic (exact) mass is 369 g/mol. The van der Waals surface area contributed by atoms with Gasteiger partial charge in [0.05, 0.1) is 31.1 Å². The van der Waals surface area contributed by atoms with E-state index in [0.717, 1.165) is 18.2 Å². The first kappa shape index (κ1) is 20.4. The SMILES string of the molecule is COc1cc(OC)cc(N(C)S(=O)(=O)CCC(C)(C)C(F)(F)F)c1. The molecule has 0 bridgehead atoms. The van der Waals surface area contributed by atoms with Gasteiger partial charge in [-0.3, -0.25) is 4.31 Å². The number of nitrogens with zero attached hydrogens (tertiary/aromatic N) is 1. The third-order valence-electron chi connectivity index (χ3n) is 3.87. The fraction of sp³-hybridized carbons (Fsp3) is 0.600. The molecule has 1 rings (SSSR count). The summed E-state index contributed by atoms with van der Waals surface area (Å²) in [5, 5.41) is 0. The van der Waals surface area contributed by atoms with Crippen LogP contribution in [0, 0.1) is 5.41 Å². The zero-order valence-corrected chi connectivity index (χ0v) is 15.1. The molecule has 0 spiro atoms. The summed E-state index contributed by atoms with van der Waals surface area (Å²) < 4.78 is 74.5. The molecule has 0 saturated heterocycles. The topological polar surface area (TPSA) is 55.8 Å². The van der Waals surface area contributed by atoms with Crippen LogP contribution in [0.2, 0.25) is 0 Å². The molecule has 24 heavy (non-hydrogen) atoms. The van der Waals surface area contributed by atoms with Crippen LogP contribution in [0.15, 0.2) is 18.2 Å². The second-order valence-electron chi connectivity index (χ2n) is 5.99. The molecule has 0 atom stereocenters. The van der Waals surface area contributed by atoms with Gasteiger partial charge in [-0.05, 0) is 6.42 Å². The highest BCUT2D eigenvalue weighted by Crippen LogP contribution is 2.40. The summed E-state index contributed by atoms with van der Waals surface area (Å²) >= 11 is 0. The van der Waals surface area contributed by atoms with E-state index < -0.39 is 33.8 Å². The fourth-order valence-corrected chi connectivity index (χ4v) is 3.27. The number of halogens is 3. The highest BCUT2D eigenvalue weighted by molar-refractivity contribution is 7.92. The average molecular weight is 369 g/mol. The lowest BCUT2D eigenvalue weighted by Gasteiger charge is -2.29.